The normalized spacial score (nSPS) is 10.7. The van der Waals surface area contributed by atoms with Crippen LogP contribution in [0.5, 0.6) is 11.5 Å². The van der Waals surface area contributed by atoms with Crippen LogP contribution in [0.2, 0.25) is 0 Å². The minimum Gasteiger partial charge on any atom is -0.494 e. The number of rotatable bonds is 6. The number of esters is 1. The van der Waals surface area contributed by atoms with Crippen molar-refractivity contribution < 1.29 is 14.3 Å². The molecular weight excluding hydrogens is 356 g/mol. The van der Waals surface area contributed by atoms with Gasteiger partial charge in [-0.05, 0) is 70.7 Å². The minimum atomic E-state index is -0.416. The van der Waals surface area contributed by atoms with E-state index in [1.54, 1.807) is 12.1 Å². The van der Waals surface area contributed by atoms with Gasteiger partial charge in [-0.2, -0.15) is 0 Å². The van der Waals surface area contributed by atoms with Gasteiger partial charge in [-0.3, -0.25) is 0 Å². The highest BCUT2D eigenvalue weighted by Crippen LogP contribution is 2.26. The Kier molecular flexibility index (Phi) is 6.41. The number of carbonyl (C=O) groups excluding carboxylic acids is 1. The fraction of sp³-hybridized carbons (Fsp3) is 0.211. The summed E-state index contributed by atoms with van der Waals surface area (Å²) in [6.07, 6.45) is 4.10. The molecule has 0 aliphatic carbocycles. The fourth-order valence-electron chi connectivity index (χ4n) is 1.89. The molecule has 2 aromatic carbocycles. The summed E-state index contributed by atoms with van der Waals surface area (Å²) in [5, 5.41) is 0. The van der Waals surface area contributed by atoms with Gasteiger partial charge in [-0.1, -0.05) is 25.1 Å². The van der Waals surface area contributed by atoms with E-state index < -0.39 is 5.97 Å². The molecule has 0 aliphatic heterocycles. The quantitative estimate of drug-likeness (QED) is 0.397. The molecule has 0 saturated carbocycles. The van der Waals surface area contributed by atoms with Gasteiger partial charge >= 0.3 is 5.97 Å². The molecule has 0 bridgehead atoms. The molecule has 0 saturated heterocycles. The van der Waals surface area contributed by atoms with Crippen molar-refractivity contribution in [1.82, 2.24) is 0 Å². The van der Waals surface area contributed by atoms with E-state index in [1.807, 2.05) is 43.3 Å². The average molecular weight is 375 g/mol. The maximum Gasteiger partial charge on any atom is 0.336 e. The second-order valence-corrected chi connectivity index (χ2v) is 5.96. The number of aryl methyl sites for hydroxylation is 1. The predicted molar refractivity (Wildman–Crippen MR) is 95.8 cm³/mol. The van der Waals surface area contributed by atoms with Crippen molar-refractivity contribution in [3.8, 4) is 11.5 Å². The summed E-state index contributed by atoms with van der Waals surface area (Å²) in [5.41, 5.74) is 2.01. The SMILES string of the molecule is CCCOc1ccc(/C=C/C(=O)Oc2ccc(C)cc2Br)cc1. The summed E-state index contributed by atoms with van der Waals surface area (Å²) in [7, 11) is 0. The first-order valence-electron chi connectivity index (χ1n) is 7.47. The topological polar surface area (TPSA) is 35.5 Å². The highest BCUT2D eigenvalue weighted by Gasteiger charge is 2.05. The van der Waals surface area contributed by atoms with Gasteiger partial charge < -0.3 is 9.47 Å². The standard InChI is InChI=1S/C19H19BrO3/c1-3-12-22-16-8-5-15(6-9-16)7-11-19(21)23-18-10-4-14(2)13-17(18)20/h4-11,13H,3,12H2,1-2H3/b11-7+. The number of hydrogen-bond acceptors (Lipinski definition) is 3. The Balaban J connectivity index is 1.95. The summed E-state index contributed by atoms with van der Waals surface area (Å²) in [6.45, 7) is 4.74. The largest absolute Gasteiger partial charge is 0.494 e. The van der Waals surface area contributed by atoms with Crippen molar-refractivity contribution in [1.29, 1.82) is 0 Å². The molecule has 0 fully saturated rings. The Morgan fingerprint density at radius 3 is 2.57 bits per heavy atom. The van der Waals surface area contributed by atoms with Crippen LogP contribution in [-0.4, -0.2) is 12.6 Å². The van der Waals surface area contributed by atoms with Crippen molar-refractivity contribution in [2.45, 2.75) is 20.3 Å². The van der Waals surface area contributed by atoms with Crippen LogP contribution in [0.25, 0.3) is 6.08 Å². The van der Waals surface area contributed by atoms with E-state index in [1.165, 1.54) is 6.08 Å². The second-order valence-electron chi connectivity index (χ2n) is 5.11. The van der Waals surface area contributed by atoms with Crippen molar-refractivity contribution in [2.75, 3.05) is 6.61 Å². The second kappa shape index (κ2) is 8.53. The first-order valence-corrected chi connectivity index (χ1v) is 8.26. The molecule has 0 aromatic heterocycles. The Bertz CT molecular complexity index is 690. The van der Waals surface area contributed by atoms with E-state index in [2.05, 4.69) is 22.9 Å². The zero-order chi connectivity index (χ0) is 16.7. The smallest absolute Gasteiger partial charge is 0.336 e. The molecule has 2 rings (SSSR count). The Morgan fingerprint density at radius 2 is 1.91 bits per heavy atom. The predicted octanol–water partition coefficient (Wildman–Crippen LogP) is 5.17. The lowest BCUT2D eigenvalue weighted by molar-refractivity contribution is -0.128. The molecule has 4 heteroatoms. The lowest BCUT2D eigenvalue weighted by Crippen LogP contribution is -2.04. The van der Waals surface area contributed by atoms with Crippen LogP contribution in [-0.2, 0) is 4.79 Å². The summed E-state index contributed by atoms with van der Waals surface area (Å²) in [4.78, 5) is 11.9. The van der Waals surface area contributed by atoms with E-state index in [0.717, 1.165) is 27.8 Å². The van der Waals surface area contributed by atoms with Crippen LogP contribution in [0.1, 0.15) is 24.5 Å². The maximum atomic E-state index is 11.9. The van der Waals surface area contributed by atoms with Gasteiger partial charge in [0.1, 0.15) is 11.5 Å². The average Bonchev–Trinajstić information content (AvgIpc) is 2.54. The Hall–Kier alpha value is -2.07. The molecular formula is C19H19BrO3. The van der Waals surface area contributed by atoms with E-state index >= 15 is 0 Å². The highest BCUT2D eigenvalue weighted by molar-refractivity contribution is 9.10. The third-order valence-corrected chi connectivity index (χ3v) is 3.68. The van der Waals surface area contributed by atoms with E-state index in [9.17, 15) is 4.79 Å². The van der Waals surface area contributed by atoms with Crippen LogP contribution >= 0.6 is 15.9 Å². The van der Waals surface area contributed by atoms with Crippen molar-refractivity contribution in [2.24, 2.45) is 0 Å². The van der Waals surface area contributed by atoms with Crippen molar-refractivity contribution in [3.05, 3.63) is 64.1 Å². The van der Waals surface area contributed by atoms with Gasteiger partial charge in [0, 0.05) is 6.08 Å². The molecule has 0 aliphatic rings. The lowest BCUT2D eigenvalue weighted by atomic mass is 10.2. The first-order chi connectivity index (χ1) is 11.1. The lowest BCUT2D eigenvalue weighted by Gasteiger charge is -2.05. The molecule has 23 heavy (non-hydrogen) atoms. The summed E-state index contributed by atoms with van der Waals surface area (Å²) < 4.78 is 11.6. The molecule has 0 atom stereocenters. The van der Waals surface area contributed by atoms with Gasteiger partial charge in [0.05, 0.1) is 11.1 Å². The molecule has 120 valence electrons. The van der Waals surface area contributed by atoms with Gasteiger partial charge in [-0.25, -0.2) is 4.79 Å². The zero-order valence-corrected chi connectivity index (χ0v) is 14.8. The molecule has 3 nitrogen and oxygen atoms in total. The number of carbonyl (C=O) groups is 1. The fourth-order valence-corrected chi connectivity index (χ4v) is 2.46. The summed E-state index contributed by atoms with van der Waals surface area (Å²) in [5.74, 6) is 0.921. The molecule has 0 amide bonds. The van der Waals surface area contributed by atoms with Crippen molar-refractivity contribution in [3.63, 3.8) is 0 Å². The van der Waals surface area contributed by atoms with E-state index in [-0.39, 0.29) is 0 Å². The molecule has 0 radical (unpaired) electrons. The number of hydrogen-bond donors (Lipinski definition) is 0. The van der Waals surface area contributed by atoms with Crippen LogP contribution in [0, 0.1) is 6.92 Å². The third kappa shape index (κ3) is 5.57. The Labute approximate surface area is 145 Å². The molecule has 0 N–H and O–H groups in total. The van der Waals surface area contributed by atoms with Crippen LogP contribution < -0.4 is 9.47 Å². The third-order valence-electron chi connectivity index (χ3n) is 3.06. The molecule has 0 heterocycles. The Morgan fingerprint density at radius 1 is 1.17 bits per heavy atom. The van der Waals surface area contributed by atoms with Crippen LogP contribution in [0.3, 0.4) is 0 Å². The first kappa shape index (κ1) is 17.3. The number of benzene rings is 2. The minimum absolute atomic E-state index is 0.416. The molecule has 2 aromatic rings. The van der Waals surface area contributed by atoms with E-state index in [0.29, 0.717) is 12.4 Å². The maximum absolute atomic E-state index is 11.9. The highest BCUT2D eigenvalue weighted by atomic mass is 79.9. The number of halogens is 1. The monoisotopic (exact) mass is 374 g/mol. The summed E-state index contributed by atoms with van der Waals surface area (Å²) >= 11 is 3.38. The van der Waals surface area contributed by atoms with Gasteiger partial charge in [0.15, 0.2) is 0 Å². The summed E-state index contributed by atoms with van der Waals surface area (Å²) in [6, 6.07) is 13.1. The molecule has 0 unspecified atom stereocenters. The van der Waals surface area contributed by atoms with E-state index in [4.69, 9.17) is 9.47 Å². The number of ether oxygens (including phenoxy) is 2. The van der Waals surface area contributed by atoms with Crippen molar-refractivity contribution >= 4 is 28.0 Å². The van der Waals surface area contributed by atoms with Crippen LogP contribution in [0.4, 0.5) is 0 Å². The van der Waals surface area contributed by atoms with Gasteiger partial charge in [-0.15, -0.1) is 0 Å². The zero-order valence-electron chi connectivity index (χ0n) is 13.2. The van der Waals surface area contributed by atoms with Gasteiger partial charge in [0.2, 0.25) is 0 Å². The van der Waals surface area contributed by atoms with Gasteiger partial charge in [0.25, 0.3) is 0 Å². The molecule has 0 spiro atoms. The van der Waals surface area contributed by atoms with Crippen LogP contribution in [0.15, 0.2) is 53.0 Å².